The molecule has 0 aliphatic rings. The maximum atomic E-state index is 12.1. The predicted octanol–water partition coefficient (Wildman–Crippen LogP) is 11.4. The van der Waals surface area contributed by atoms with Crippen LogP contribution in [0.2, 0.25) is 5.02 Å². The highest BCUT2D eigenvalue weighted by molar-refractivity contribution is 14.2. The Balaban J connectivity index is 0.000000285. The molecule has 0 atom stereocenters. The van der Waals surface area contributed by atoms with E-state index in [0.29, 0.717) is 10.6 Å². The van der Waals surface area contributed by atoms with Crippen molar-refractivity contribution in [2.75, 3.05) is 2.43 Å². The van der Waals surface area contributed by atoms with Crippen molar-refractivity contribution < 1.29 is 11.7 Å². The minimum Gasteiger partial charge on any atom is -0.120 e. The van der Waals surface area contributed by atoms with Gasteiger partial charge in [-0.2, -0.15) is 0 Å². The first-order valence-corrected chi connectivity index (χ1v) is 15.8. The summed E-state index contributed by atoms with van der Waals surface area (Å²) in [5, 5.41) is 0.363. The zero-order chi connectivity index (χ0) is 23.4. The molecule has 0 fully saturated rings. The largest absolute Gasteiger partial charge is 0.237 e. The van der Waals surface area contributed by atoms with Gasteiger partial charge < -0.3 is 0 Å². The topological polar surface area (TPSA) is 0 Å². The molecule has 0 aromatic heterocycles. The smallest absolute Gasteiger partial charge is 0.120 e. The molecule has 0 saturated heterocycles. The average Bonchev–Trinajstić information content (AvgIpc) is 2.69. The van der Waals surface area contributed by atoms with E-state index in [1.807, 2.05) is 21.6 Å². The van der Waals surface area contributed by atoms with Gasteiger partial charge in [-0.25, -0.2) is 0 Å². The van der Waals surface area contributed by atoms with Crippen molar-refractivity contribution in [3.05, 3.63) is 88.4 Å². The molecule has 0 radical (unpaired) electrons. The molecular weight excluding hydrogens is 707 g/mol. The monoisotopic (exact) mass is 728 g/mol. The normalized spacial score (nSPS) is 11.0. The Morgan fingerprint density at radius 3 is 1.58 bits per heavy atom. The molecule has 0 N–H and O–H groups in total. The van der Waals surface area contributed by atoms with Crippen molar-refractivity contribution in [2.24, 2.45) is 0 Å². The van der Waals surface area contributed by atoms with Crippen molar-refractivity contribution in [1.82, 2.24) is 0 Å². The van der Waals surface area contributed by atoms with Gasteiger partial charge >= 0.3 is 0 Å². The van der Waals surface area contributed by atoms with Crippen LogP contribution >= 0.6 is 89.6 Å². The van der Waals surface area contributed by atoms with Gasteiger partial charge in [-0.15, -0.1) is 11.7 Å². The van der Waals surface area contributed by atoms with Crippen molar-refractivity contribution in [3.8, 4) is 0 Å². The number of aryl methyl sites for hydroxylation is 3. The maximum absolute atomic E-state index is 12.1. The molecule has 0 aliphatic carbocycles. The molecule has 0 amide bonds. The molecule has 3 aromatic carbocycles. The molecule has 3 rings (SSSR count). The number of hydrogen-bond acceptors (Lipinski definition) is 2. The van der Waals surface area contributed by atoms with Crippen LogP contribution in [0.5, 0.6) is 0 Å². The number of alkyl halides is 2. The standard InChI is InChI=1S/C14H14S2.C7H6ClF3S.CH2I2/c1-11-5-3-7-13(9-11)15-16-14-8-4-6-12(2)10-14;1-5-4-6(12(9,10)11)2-3-7(5)8;2-1-3/h3-10H,1-2H3;2-4H,1H3;1H2. The molecule has 0 nitrogen and oxygen atoms in total. The third kappa shape index (κ3) is 12.3. The van der Waals surface area contributed by atoms with Crippen molar-refractivity contribution in [1.29, 1.82) is 0 Å². The molecule has 3 aromatic rings. The molecular formula is C22H22ClF3I2S3. The van der Waals surface area contributed by atoms with Gasteiger partial charge in [0.25, 0.3) is 0 Å². The van der Waals surface area contributed by atoms with Gasteiger partial charge in [0, 0.05) is 14.8 Å². The van der Waals surface area contributed by atoms with Crippen LogP contribution in [0.4, 0.5) is 11.7 Å². The summed E-state index contributed by atoms with van der Waals surface area (Å²) in [6.45, 7) is 5.81. The highest BCUT2D eigenvalue weighted by atomic mass is 127. The Hall–Kier alpha value is 0.250. The summed E-state index contributed by atoms with van der Waals surface area (Å²) >= 11 is 5.02. The van der Waals surface area contributed by atoms with E-state index < -0.39 is 16.1 Å². The van der Waals surface area contributed by atoms with Gasteiger partial charge in [0.2, 0.25) is 11.2 Å². The number of benzene rings is 3. The second kappa shape index (κ2) is 15.2. The lowest BCUT2D eigenvalue weighted by molar-refractivity contribution is 0.633. The van der Waals surface area contributed by atoms with Crippen molar-refractivity contribution in [3.63, 3.8) is 0 Å². The summed E-state index contributed by atoms with van der Waals surface area (Å²) in [7, 11) is 3.63. The Morgan fingerprint density at radius 2 is 1.23 bits per heavy atom. The van der Waals surface area contributed by atoms with Gasteiger partial charge in [-0.1, -0.05) is 103 Å². The van der Waals surface area contributed by atoms with Crippen LogP contribution in [-0.4, -0.2) is 2.43 Å². The number of halogens is 6. The molecule has 31 heavy (non-hydrogen) atoms. The lowest BCUT2D eigenvalue weighted by Gasteiger charge is -2.10. The average molecular weight is 729 g/mol. The van der Waals surface area contributed by atoms with E-state index in [9.17, 15) is 11.7 Å². The quantitative estimate of drug-likeness (QED) is 0.149. The van der Waals surface area contributed by atoms with Gasteiger partial charge in [-0.3, -0.25) is 0 Å². The molecule has 0 spiro atoms. The highest BCUT2D eigenvalue weighted by Crippen LogP contribution is 2.60. The third-order valence-corrected chi connectivity index (χ3v) is 7.20. The van der Waals surface area contributed by atoms with Crippen LogP contribution in [0.1, 0.15) is 16.7 Å². The minimum absolute atomic E-state index is 0.363. The predicted molar refractivity (Wildman–Crippen MR) is 152 cm³/mol. The van der Waals surface area contributed by atoms with Crippen LogP contribution in [0.25, 0.3) is 0 Å². The second-order valence-electron chi connectivity index (χ2n) is 6.22. The number of hydrogen-bond donors (Lipinski definition) is 0. The lowest BCUT2D eigenvalue weighted by atomic mass is 10.2. The fourth-order valence-corrected chi connectivity index (χ4v) is 4.97. The van der Waals surface area contributed by atoms with Crippen LogP contribution in [0.15, 0.2) is 81.4 Å². The first-order valence-electron chi connectivity index (χ1n) is 8.85. The van der Waals surface area contributed by atoms with Crippen LogP contribution in [-0.2, 0) is 0 Å². The van der Waals surface area contributed by atoms with E-state index in [1.54, 1.807) is 6.92 Å². The zero-order valence-electron chi connectivity index (χ0n) is 17.1. The summed E-state index contributed by atoms with van der Waals surface area (Å²) in [4.78, 5) is 2.04. The zero-order valence-corrected chi connectivity index (χ0v) is 24.6. The summed E-state index contributed by atoms with van der Waals surface area (Å²) < 4.78 is 37.6. The summed E-state index contributed by atoms with van der Waals surface area (Å²) in [5.41, 5.74) is 3.09. The maximum Gasteiger partial charge on any atom is 0.237 e. The first-order chi connectivity index (χ1) is 14.6. The van der Waals surface area contributed by atoms with Gasteiger partial charge in [0.05, 0.1) is 7.33 Å². The Labute approximate surface area is 225 Å². The minimum atomic E-state index is -5.10. The fraction of sp³-hybridized carbons (Fsp3) is 0.182. The fourth-order valence-electron chi connectivity index (χ4n) is 2.19. The van der Waals surface area contributed by atoms with E-state index in [2.05, 4.69) is 108 Å². The van der Waals surface area contributed by atoms with Crippen LogP contribution in [0, 0.1) is 20.8 Å². The van der Waals surface area contributed by atoms with Crippen molar-refractivity contribution >= 4 is 89.6 Å². The van der Waals surface area contributed by atoms with Gasteiger partial charge in [0.1, 0.15) is 0 Å². The highest BCUT2D eigenvalue weighted by Gasteiger charge is 2.24. The second-order valence-corrected chi connectivity index (χ2v) is 14.6. The molecule has 0 unspecified atom stereocenters. The number of rotatable bonds is 4. The summed E-state index contributed by atoms with van der Waals surface area (Å²) in [5.74, 6) is 0. The molecule has 170 valence electrons. The van der Waals surface area contributed by atoms with Crippen LogP contribution < -0.4 is 0 Å². The Kier molecular flexibility index (Phi) is 14.4. The van der Waals surface area contributed by atoms with E-state index in [0.717, 1.165) is 12.1 Å². The first kappa shape index (κ1) is 29.3. The molecule has 0 aliphatic heterocycles. The van der Waals surface area contributed by atoms with Crippen LogP contribution in [0.3, 0.4) is 0 Å². The van der Waals surface area contributed by atoms with Crippen molar-refractivity contribution in [2.45, 2.75) is 35.5 Å². The Morgan fingerprint density at radius 1 is 0.774 bits per heavy atom. The lowest BCUT2D eigenvalue weighted by Crippen LogP contribution is -1.82. The third-order valence-electron chi connectivity index (χ3n) is 3.61. The molecule has 0 saturated carbocycles. The van der Waals surface area contributed by atoms with E-state index in [1.165, 1.54) is 29.4 Å². The summed E-state index contributed by atoms with van der Waals surface area (Å²) in [6, 6.07) is 20.5. The van der Waals surface area contributed by atoms with Gasteiger partial charge in [-0.05, 0) is 79.9 Å². The summed E-state index contributed by atoms with van der Waals surface area (Å²) in [6.07, 6.45) is 0. The Bertz CT molecular complexity index is 908. The molecule has 0 bridgehead atoms. The van der Waals surface area contributed by atoms with E-state index >= 15 is 0 Å². The molecule has 9 heteroatoms. The van der Waals surface area contributed by atoms with E-state index in [-0.39, 0.29) is 0 Å². The molecule has 0 heterocycles. The SMILES string of the molecule is Cc1cc(S(F)(F)F)ccc1Cl.Cc1cccc(SSc2cccc(C)c2)c1.ICI. The van der Waals surface area contributed by atoms with E-state index in [4.69, 9.17) is 11.6 Å². The van der Waals surface area contributed by atoms with Gasteiger partial charge in [0.15, 0.2) is 0 Å².